The first kappa shape index (κ1) is 13.0. The average Bonchev–Trinajstić information content (AvgIpc) is 2.48. The molecule has 0 heterocycles. The fourth-order valence-electron chi connectivity index (χ4n) is 1.87. The van der Waals surface area contributed by atoms with Gasteiger partial charge in [-0.3, -0.25) is 0 Å². The summed E-state index contributed by atoms with van der Waals surface area (Å²) in [5, 5.41) is 12.2. The van der Waals surface area contributed by atoms with Gasteiger partial charge in [-0.2, -0.15) is 5.26 Å². The molecule has 19 heavy (non-hydrogen) atoms. The summed E-state index contributed by atoms with van der Waals surface area (Å²) in [6, 6.07) is 17.7. The van der Waals surface area contributed by atoms with E-state index in [4.69, 9.17) is 10.00 Å². The summed E-state index contributed by atoms with van der Waals surface area (Å²) >= 11 is 0. The van der Waals surface area contributed by atoms with Crippen molar-refractivity contribution in [2.75, 3.05) is 12.4 Å². The average molecular weight is 252 g/mol. The lowest BCUT2D eigenvalue weighted by atomic mass is 10.1. The molecule has 0 saturated heterocycles. The first-order valence-corrected chi connectivity index (χ1v) is 6.13. The monoisotopic (exact) mass is 252 g/mol. The van der Waals surface area contributed by atoms with E-state index in [2.05, 4.69) is 18.3 Å². The molecule has 0 aliphatic heterocycles. The number of nitrogens with one attached hydrogen (secondary N) is 1. The molecule has 0 aliphatic carbocycles. The van der Waals surface area contributed by atoms with E-state index in [0.29, 0.717) is 5.56 Å². The third kappa shape index (κ3) is 3.26. The largest absolute Gasteiger partial charge is 0.497 e. The molecular formula is C16H16N2O. The Bertz CT molecular complexity index is 567. The van der Waals surface area contributed by atoms with E-state index < -0.39 is 0 Å². The van der Waals surface area contributed by atoms with E-state index in [0.717, 1.165) is 17.0 Å². The van der Waals surface area contributed by atoms with Crippen LogP contribution in [0.25, 0.3) is 0 Å². The zero-order valence-corrected chi connectivity index (χ0v) is 11.1. The van der Waals surface area contributed by atoms with Crippen LogP contribution in [-0.2, 0) is 0 Å². The van der Waals surface area contributed by atoms with Gasteiger partial charge in [-0.25, -0.2) is 0 Å². The van der Waals surface area contributed by atoms with Crippen LogP contribution < -0.4 is 10.1 Å². The van der Waals surface area contributed by atoms with Gasteiger partial charge in [-0.1, -0.05) is 12.1 Å². The molecule has 1 atom stereocenters. The van der Waals surface area contributed by atoms with Crippen LogP contribution in [0.1, 0.15) is 24.1 Å². The molecule has 0 amide bonds. The zero-order chi connectivity index (χ0) is 13.7. The van der Waals surface area contributed by atoms with Gasteiger partial charge in [-0.15, -0.1) is 0 Å². The van der Waals surface area contributed by atoms with Crippen LogP contribution in [0, 0.1) is 11.3 Å². The van der Waals surface area contributed by atoms with Crippen LogP contribution in [0.15, 0.2) is 48.5 Å². The summed E-state index contributed by atoms with van der Waals surface area (Å²) < 4.78 is 5.13. The van der Waals surface area contributed by atoms with Crippen molar-refractivity contribution in [3.05, 3.63) is 59.7 Å². The second kappa shape index (κ2) is 5.92. The Kier molecular flexibility index (Phi) is 4.04. The van der Waals surface area contributed by atoms with Gasteiger partial charge in [0.25, 0.3) is 0 Å². The van der Waals surface area contributed by atoms with Crippen molar-refractivity contribution in [3.8, 4) is 11.8 Å². The third-order valence-electron chi connectivity index (χ3n) is 3.01. The highest BCUT2D eigenvalue weighted by Gasteiger charge is 2.05. The van der Waals surface area contributed by atoms with Crippen molar-refractivity contribution in [2.24, 2.45) is 0 Å². The molecule has 3 heteroatoms. The topological polar surface area (TPSA) is 45.0 Å². The van der Waals surface area contributed by atoms with Crippen LogP contribution in [0.3, 0.4) is 0 Å². The second-order valence-corrected chi connectivity index (χ2v) is 4.33. The minimum absolute atomic E-state index is 0.182. The minimum atomic E-state index is 0.182. The number of anilines is 1. The SMILES string of the molecule is COc1ccc(NC(C)c2ccc(C#N)cc2)cc1. The molecule has 0 radical (unpaired) electrons. The molecule has 96 valence electrons. The van der Waals surface area contributed by atoms with Crippen LogP contribution in [0.4, 0.5) is 5.69 Å². The molecule has 0 saturated carbocycles. The van der Waals surface area contributed by atoms with Crippen molar-refractivity contribution in [3.63, 3.8) is 0 Å². The number of hydrogen-bond acceptors (Lipinski definition) is 3. The molecular weight excluding hydrogens is 236 g/mol. The van der Waals surface area contributed by atoms with E-state index in [1.54, 1.807) is 7.11 Å². The van der Waals surface area contributed by atoms with Crippen molar-refractivity contribution < 1.29 is 4.74 Å². The quantitative estimate of drug-likeness (QED) is 0.901. The smallest absolute Gasteiger partial charge is 0.119 e. The van der Waals surface area contributed by atoms with E-state index in [9.17, 15) is 0 Å². The predicted octanol–water partition coefficient (Wildman–Crippen LogP) is 3.74. The highest BCUT2D eigenvalue weighted by Crippen LogP contribution is 2.21. The number of nitrogens with zero attached hydrogens (tertiary/aromatic N) is 1. The Hall–Kier alpha value is -2.47. The molecule has 0 bridgehead atoms. The zero-order valence-electron chi connectivity index (χ0n) is 11.1. The molecule has 0 aliphatic rings. The van der Waals surface area contributed by atoms with Crippen LogP contribution in [0.2, 0.25) is 0 Å². The van der Waals surface area contributed by atoms with Gasteiger partial charge in [0.15, 0.2) is 0 Å². The number of nitriles is 1. The van der Waals surface area contributed by atoms with Crippen LogP contribution >= 0.6 is 0 Å². The summed E-state index contributed by atoms with van der Waals surface area (Å²) in [4.78, 5) is 0. The van der Waals surface area contributed by atoms with Gasteiger partial charge in [0.05, 0.1) is 18.7 Å². The number of methoxy groups -OCH3 is 1. The van der Waals surface area contributed by atoms with Crippen molar-refractivity contribution in [2.45, 2.75) is 13.0 Å². The molecule has 1 unspecified atom stereocenters. The third-order valence-corrected chi connectivity index (χ3v) is 3.01. The Morgan fingerprint density at radius 1 is 1.05 bits per heavy atom. The van der Waals surface area contributed by atoms with Gasteiger partial charge in [0.2, 0.25) is 0 Å². The Morgan fingerprint density at radius 2 is 1.68 bits per heavy atom. The lowest BCUT2D eigenvalue weighted by Gasteiger charge is -2.16. The maximum Gasteiger partial charge on any atom is 0.119 e. The van der Waals surface area contributed by atoms with E-state index >= 15 is 0 Å². The number of hydrogen-bond donors (Lipinski definition) is 1. The summed E-state index contributed by atoms with van der Waals surface area (Å²) in [5.74, 6) is 0.844. The lowest BCUT2D eigenvalue weighted by molar-refractivity contribution is 0.415. The molecule has 0 spiro atoms. The first-order valence-electron chi connectivity index (χ1n) is 6.13. The van der Waals surface area contributed by atoms with E-state index in [1.165, 1.54) is 0 Å². The normalized spacial score (nSPS) is 11.4. The molecule has 1 N–H and O–H groups in total. The Balaban J connectivity index is 2.06. The summed E-state index contributed by atoms with van der Waals surface area (Å²) in [5.41, 5.74) is 2.87. The summed E-state index contributed by atoms with van der Waals surface area (Å²) in [6.45, 7) is 2.09. The second-order valence-electron chi connectivity index (χ2n) is 4.33. The van der Waals surface area contributed by atoms with Crippen molar-refractivity contribution in [1.29, 1.82) is 5.26 Å². The van der Waals surface area contributed by atoms with E-state index in [1.807, 2.05) is 48.5 Å². The molecule has 2 aromatic carbocycles. The van der Waals surface area contributed by atoms with Crippen LogP contribution in [-0.4, -0.2) is 7.11 Å². The molecule has 2 aromatic rings. The predicted molar refractivity (Wildman–Crippen MR) is 76.2 cm³/mol. The number of benzene rings is 2. The molecule has 0 aromatic heterocycles. The fourth-order valence-corrected chi connectivity index (χ4v) is 1.87. The van der Waals surface area contributed by atoms with Gasteiger partial charge in [-0.05, 0) is 48.9 Å². The summed E-state index contributed by atoms with van der Waals surface area (Å²) in [7, 11) is 1.65. The van der Waals surface area contributed by atoms with E-state index in [-0.39, 0.29) is 6.04 Å². The maximum atomic E-state index is 8.77. The van der Waals surface area contributed by atoms with Gasteiger partial charge in [0.1, 0.15) is 5.75 Å². The molecule has 3 nitrogen and oxygen atoms in total. The van der Waals surface area contributed by atoms with Crippen molar-refractivity contribution in [1.82, 2.24) is 0 Å². The Labute approximate surface area is 113 Å². The highest BCUT2D eigenvalue weighted by molar-refractivity contribution is 5.48. The minimum Gasteiger partial charge on any atom is -0.497 e. The number of ether oxygens (including phenoxy) is 1. The highest BCUT2D eigenvalue weighted by atomic mass is 16.5. The van der Waals surface area contributed by atoms with Gasteiger partial charge >= 0.3 is 0 Å². The van der Waals surface area contributed by atoms with Gasteiger partial charge < -0.3 is 10.1 Å². The lowest BCUT2D eigenvalue weighted by Crippen LogP contribution is -2.06. The van der Waals surface area contributed by atoms with Crippen LogP contribution in [0.5, 0.6) is 5.75 Å². The molecule has 2 rings (SSSR count). The molecule has 0 fully saturated rings. The number of rotatable bonds is 4. The summed E-state index contributed by atoms with van der Waals surface area (Å²) in [6.07, 6.45) is 0. The van der Waals surface area contributed by atoms with Crippen molar-refractivity contribution >= 4 is 5.69 Å². The van der Waals surface area contributed by atoms with Gasteiger partial charge in [0, 0.05) is 11.7 Å². The maximum absolute atomic E-state index is 8.77. The first-order chi connectivity index (χ1) is 9.22. The Morgan fingerprint density at radius 3 is 2.21 bits per heavy atom. The fraction of sp³-hybridized carbons (Fsp3) is 0.188. The standard InChI is InChI=1S/C16H16N2O/c1-12(14-5-3-13(11-17)4-6-14)18-15-7-9-16(19-2)10-8-15/h3-10,12,18H,1-2H3.